The Morgan fingerprint density at radius 3 is 2.52 bits per heavy atom. The molecule has 4 rings (SSSR count). The smallest absolute Gasteiger partial charge is 0.253 e. The number of benzene rings is 1. The molecule has 27 heavy (non-hydrogen) atoms. The standard InChI is InChI=1S/C22H29N3O2/c1-3-17-6-8-20(9-7-17)24(2)15-19(5-4-14-26)22(27)23-21-16-25-12-10-18(21)11-13-25/h4-9,14-15,18,21H,3,10-13,16H2,1-2H3,(H,23,27)/b5-4-,19-15+. The number of hydrogen-bond donors (Lipinski definition) is 1. The summed E-state index contributed by atoms with van der Waals surface area (Å²) in [6, 6.07) is 8.47. The minimum atomic E-state index is -0.121. The van der Waals surface area contributed by atoms with E-state index in [2.05, 4.69) is 29.3 Å². The van der Waals surface area contributed by atoms with E-state index in [1.54, 1.807) is 12.3 Å². The minimum absolute atomic E-state index is 0.121. The van der Waals surface area contributed by atoms with E-state index in [1.165, 1.54) is 11.6 Å². The number of aryl methyl sites for hydroxylation is 1. The van der Waals surface area contributed by atoms with Crippen LogP contribution in [0.4, 0.5) is 5.69 Å². The largest absolute Gasteiger partial charge is 0.350 e. The Labute approximate surface area is 161 Å². The first-order chi connectivity index (χ1) is 13.1. The number of carbonyl (C=O) groups excluding carboxylic acids is 2. The molecule has 3 saturated heterocycles. The third-order valence-electron chi connectivity index (χ3n) is 5.67. The molecule has 3 aliphatic rings. The summed E-state index contributed by atoms with van der Waals surface area (Å²) in [5.41, 5.74) is 2.76. The number of fused-ring (bicyclic) bond motifs is 3. The number of rotatable bonds is 7. The maximum atomic E-state index is 12.9. The lowest BCUT2D eigenvalue weighted by molar-refractivity contribution is -0.119. The van der Waals surface area contributed by atoms with Crippen LogP contribution < -0.4 is 10.2 Å². The normalized spacial score (nSPS) is 24.8. The van der Waals surface area contributed by atoms with E-state index >= 15 is 0 Å². The topological polar surface area (TPSA) is 52.7 Å². The molecule has 1 aromatic rings. The molecule has 1 aromatic carbocycles. The summed E-state index contributed by atoms with van der Waals surface area (Å²) < 4.78 is 0. The number of nitrogens with zero attached hydrogens (tertiary/aromatic N) is 2. The van der Waals surface area contributed by atoms with E-state index in [0.29, 0.717) is 17.8 Å². The number of piperidine rings is 3. The second kappa shape index (κ2) is 9.00. The number of carbonyl (C=O) groups is 2. The molecule has 5 heteroatoms. The van der Waals surface area contributed by atoms with Gasteiger partial charge in [0.05, 0.1) is 5.57 Å². The number of hydrogen-bond acceptors (Lipinski definition) is 4. The lowest BCUT2D eigenvalue weighted by atomic mass is 9.84. The first kappa shape index (κ1) is 19.4. The Morgan fingerprint density at radius 1 is 1.26 bits per heavy atom. The fourth-order valence-electron chi connectivity index (χ4n) is 3.95. The fraction of sp³-hybridized carbons (Fsp3) is 0.455. The van der Waals surface area contributed by atoms with Gasteiger partial charge in [-0.3, -0.25) is 9.59 Å². The van der Waals surface area contributed by atoms with E-state index in [0.717, 1.165) is 44.6 Å². The van der Waals surface area contributed by atoms with Crippen LogP contribution in [0.2, 0.25) is 0 Å². The molecule has 3 heterocycles. The van der Waals surface area contributed by atoms with E-state index < -0.39 is 0 Å². The van der Waals surface area contributed by atoms with Crippen molar-refractivity contribution < 1.29 is 9.59 Å². The highest BCUT2D eigenvalue weighted by atomic mass is 16.1. The van der Waals surface area contributed by atoms with E-state index in [4.69, 9.17) is 0 Å². The third kappa shape index (κ3) is 4.86. The highest BCUT2D eigenvalue weighted by molar-refractivity contribution is 5.97. The number of aldehydes is 1. The summed E-state index contributed by atoms with van der Waals surface area (Å²) in [6.45, 7) is 5.33. The molecule has 144 valence electrons. The molecule has 1 N–H and O–H groups in total. The van der Waals surface area contributed by atoms with Gasteiger partial charge in [-0.15, -0.1) is 0 Å². The van der Waals surface area contributed by atoms with Crippen molar-refractivity contribution in [1.29, 1.82) is 0 Å². The zero-order valence-corrected chi connectivity index (χ0v) is 16.2. The summed E-state index contributed by atoms with van der Waals surface area (Å²) in [4.78, 5) is 28.0. The van der Waals surface area contributed by atoms with Gasteiger partial charge in [0.2, 0.25) is 0 Å². The lowest BCUT2D eigenvalue weighted by Crippen LogP contribution is -2.57. The molecule has 0 spiro atoms. The van der Waals surface area contributed by atoms with Crippen molar-refractivity contribution in [1.82, 2.24) is 10.2 Å². The van der Waals surface area contributed by atoms with Gasteiger partial charge in [0, 0.05) is 31.5 Å². The van der Waals surface area contributed by atoms with Crippen molar-refractivity contribution in [3.63, 3.8) is 0 Å². The van der Waals surface area contributed by atoms with Gasteiger partial charge < -0.3 is 15.1 Å². The monoisotopic (exact) mass is 367 g/mol. The Balaban J connectivity index is 1.73. The lowest BCUT2D eigenvalue weighted by Gasteiger charge is -2.45. The number of allylic oxidation sites excluding steroid dienone is 1. The summed E-state index contributed by atoms with van der Waals surface area (Å²) in [5.74, 6) is 0.443. The summed E-state index contributed by atoms with van der Waals surface area (Å²) in [6.07, 6.45) is 8.74. The number of anilines is 1. The van der Waals surface area contributed by atoms with Gasteiger partial charge in [0.15, 0.2) is 0 Å². The highest BCUT2D eigenvalue weighted by Gasteiger charge is 2.35. The molecular formula is C22H29N3O2. The average molecular weight is 367 g/mol. The third-order valence-corrected chi connectivity index (χ3v) is 5.67. The van der Waals surface area contributed by atoms with Gasteiger partial charge in [-0.2, -0.15) is 0 Å². The zero-order chi connectivity index (χ0) is 19.2. The highest BCUT2D eigenvalue weighted by Crippen LogP contribution is 2.27. The van der Waals surface area contributed by atoms with Gasteiger partial charge in [0.1, 0.15) is 6.29 Å². The van der Waals surface area contributed by atoms with Gasteiger partial charge in [-0.05, 0) is 68.1 Å². The van der Waals surface area contributed by atoms with Gasteiger partial charge in [-0.1, -0.05) is 19.1 Å². The molecule has 2 bridgehead atoms. The molecule has 0 aromatic heterocycles. The molecule has 0 radical (unpaired) electrons. The zero-order valence-electron chi connectivity index (χ0n) is 16.2. The van der Waals surface area contributed by atoms with Crippen molar-refractivity contribution in [2.45, 2.75) is 32.2 Å². The summed E-state index contributed by atoms with van der Waals surface area (Å²) in [5, 5.41) is 3.19. The predicted molar refractivity (Wildman–Crippen MR) is 109 cm³/mol. The van der Waals surface area contributed by atoms with Crippen LogP contribution in [-0.2, 0) is 16.0 Å². The minimum Gasteiger partial charge on any atom is -0.350 e. The maximum absolute atomic E-state index is 12.9. The molecule has 1 unspecified atom stereocenters. The van der Waals surface area contributed by atoms with Crippen molar-refractivity contribution in [3.05, 3.63) is 53.8 Å². The van der Waals surface area contributed by atoms with E-state index in [9.17, 15) is 9.59 Å². The van der Waals surface area contributed by atoms with Gasteiger partial charge >= 0.3 is 0 Å². The SMILES string of the molecule is CCc1ccc(N(C)/C=C(\C=C/C=O)C(=O)NC2CN3CCC2CC3)cc1. The second-order valence-corrected chi connectivity index (χ2v) is 7.43. The van der Waals surface area contributed by atoms with Crippen LogP contribution >= 0.6 is 0 Å². The summed E-state index contributed by atoms with van der Waals surface area (Å²) >= 11 is 0. The Hall–Kier alpha value is -2.40. The fourth-order valence-corrected chi connectivity index (χ4v) is 3.95. The van der Waals surface area contributed by atoms with Crippen LogP contribution in [0.3, 0.4) is 0 Å². The first-order valence-electron chi connectivity index (χ1n) is 9.79. The van der Waals surface area contributed by atoms with Crippen LogP contribution in [0.25, 0.3) is 0 Å². The Kier molecular flexibility index (Phi) is 6.45. The average Bonchev–Trinajstić information content (AvgIpc) is 2.71. The van der Waals surface area contributed by atoms with Crippen molar-refractivity contribution in [2.75, 3.05) is 31.6 Å². The Morgan fingerprint density at radius 2 is 1.96 bits per heavy atom. The second-order valence-electron chi connectivity index (χ2n) is 7.43. The molecule has 1 amide bonds. The molecule has 0 aliphatic carbocycles. The van der Waals surface area contributed by atoms with Crippen molar-refractivity contribution >= 4 is 17.9 Å². The summed E-state index contributed by atoms with van der Waals surface area (Å²) in [7, 11) is 1.91. The molecule has 0 saturated carbocycles. The first-order valence-corrected chi connectivity index (χ1v) is 9.79. The number of nitrogens with one attached hydrogen (secondary N) is 1. The van der Waals surface area contributed by atoms with Crippen LogP contribution in [0.1, 0.15) is 25.3 Å². The van der Waals surface area contributed by atoms with E-state index in [-0.39, 0.29) is 11.9 Å². The molecule has 3 fully saturated rings. The maximum Gasteiger partial charge on any atom is 0.253 e. The molecule has 5 nitrogen and oxygen atoms in total. The number of amides is 1. The molecule has 3 aliphatic heterocycles. The van der Waals surface area contributed by atoms with Crippen LogP contribution in [0.15, 0.2) is 48.2 Å². The van der Waals surface area contributed by atoms with Crippen molar-refractivity contribution in [2.24, 2.45) is 5.92 Å². The van der Waals surface area contributed by atoms with Gasteiger partial charge in [-0.25, -0.2) is 0 Å². The van der Waals surface area contributed by atoms with Crippen LogP contribution in [-0.4, -0.2) is 49.8 Å². The quantitative estimate of drug-likeness (QED) is 0.457. The predicted octanol–water partition coefficient (Wildman–Crippen LogP) is 2.53. The Bertz CT molecular complexity index is 716. The van der Waals surface area contributed by atoms with Crippen LogP contribution in [0, 0.1) is 5.92 Å². The van der Waals surface area contributed by atoms with E-state index in [1.807, 2.05) is 24.1 Å². The molecule has 1 atom stereocenters. The van der Waals surface area contributed by atoms with Gasteiger partial charge in [0.25, 0.3) is 5.91 Å². The van der Waals surface area contributed by atoms with Crippen LogP contribution in [0.5, 0.6) is 0 Å². The van der Waals surface area contributed by atoms with Crippen molar-refractivity contribution in [3.8, 4) is 0 Å². The molecular weight excluding hydrogens is 338 g/mol.